The van der Waals surface area contributed by atoms with Crippen molar-refractivity contribution < 1.29 is 14.3 Å². The van der Waals surface area contributed by atoms with Crippen LogP contribution in [0.25, 0.3) is 6.08 Å². The Morgan fingerprint density at radius 1 is 1.09 bits per heavy atom. The van der Waals surface area contributed by atoms with E-state index in [9.17, 15) is 10.1 Å². The maximum absolute atomic E-state index is 12.6. The Morgan fingerprint density at radius 3 is 2.41 bits per heavy atom. The number of carbonyl (C=O) groups excluding carboxylic acids is 1. The van der Waals surface area contributed by atoms with Gasteiger partial charge in [-0.1, -0.05) is 63.4 Å². The number of anilines is 1. The third kappa shape index (κ3) is 6.04. The minimum atomic E-state index is -0.629. The van der Waals surface area contributed by atoms with Crippen molar-refractivity contribution in [2.24, 2.45) is 0 Å². The minimum Gasteiger partial charge on any atom is -0.493 e. The highest BCUT2D eigenvalue weighted by Gasteiger charge is 2.14. The second-order valence-electron chi connectivity index (χ2n) is 6.55. The number of carbonyl (C=O) groups is 1. The first kappa shape index (κ1) is 23.7. The second-order valence-corrected chi connectivity index (χ2v) is 8.28. The molecular formula is C24H17BrCl2N2O3. The van der Waals surface area contributed by atoms with Crippen LogP contribution in [0.2, 0.25) is 10.0 Å². The van der Waals surface area contributed by atoms with E-state index in [-0.39, 0.29) is 21.3 Å². The molecule has 0 unspecified atom stereocenters. The van der Waals surface area contributed by atoms with Crippen LogP contribution < -0.4 is 14.8 Å². The number of rotatable bonds is 7. The van der Waals surface area contributed by atoms with Gasteiger partial charge in [0, 0.05) is 4.47 Å². The van der Waals surface area contributed by atoms with Gasteiger partial charge in [0.1, 0.15) is 18.2 Å². The van der Waals surface area contributed by atoms with Crippen LogP contribution in [0.5, 0.6) is 11.5 Å². The van der Waals surface area contributed by atoms with Crippen LogP contribution in [0.1, 0.15) is 11.1 Å². The summed E-state index contributed by atoms with van der Waals surface area (Å²) >= 11 is 15.6. The number of halogens is 3. The fourth-order valence-corrected chi connectivity index (χ4v) is 3.51. The van der Waals surface area contributed by atoms with Crippen LogP contribution in [0.15, 0.2) is 70.7 Å². The molecule has 0 aliphatic heterocycles. The summed E-state index contributed by atoms with van der Waals surface area (Å²) in [6.45, 7) is 0.327. The zero-order valence-corrected chi connectivity index (χ0v) is 20.0. The maximum Gasteiger partial charge on any atom is 0.266 e. The molecule has 0 fully saturated rings. The van der Waals surface area contributed by atoms with E-state index < -0.39 is 5.91 Å². The number of methoxy groups -OCH3 is 1. The molecule has 1 N–H and O–H groups in total. The highest BCUT2D eigenvalue weighted by molar-refractivity contribution is 9.10. The first-order chi connectivity index (χ1) is 15.4. The Kier molecular flexibility index (Phi) is 8.18. The Labute approximate surface area is 204 Å². The van der Waals surface area contributed by atoms with E-state index >= 15 is 0 Å². The van der Waals surface area contributed by atoms with Gasteiger partial charge in [0.2, 0.25) is 0 Å². The first-order valence-corrected chi connectivity index (χ1v) is 10.9. The van der Waals surface area contributed by atoms with Gasteiger partial charge in [-0.3, -0.25) is 4.79 Å². The van der Waals surface area contributed by atoms with E-state index in [4.69, 9.17) is 32.7 Å². The smallest absolute Gasteiger partial charge is 0.266 e. The van der Waals surface area contributed by atoms with Gasteiger partial charge in [-0.2, -0.15) is 5.26 Å². The van der Waals surface area contributed by atoms with Gasteiger partial charge in [0.15, 0.2) is 11.5 Å². The molecule has 0 bridgehead atoms. The van der Waals surface area contributed by atoms with Crippen molar-refractivity contribution in [3.8, 4) is 17.6 Å². The molecule has 0 saturated heterocycles. The average molecular weight is 532 g/mol. The van der Waals surface area contributed by atoms with Crippen molar-refractivity contribution >= 4 is 56.8 Å². The lowest BCUT2D eigenvalue weighted by molar-refractivity contribution is -0.112. The summed E-state index contributed by atoms with van der Waals surface area (Å²) in [5, 5.41) is 12.6. The summed E-state index contributed by atoms with van der Waals surface area (Å²) in [6, 6.07) is 19.6. The lowest BCUT2D eigenvalue weighted by Crippen LogP contribution is -2.14. The number of benzene rings is 3. The van der Waals surface area contributed by atoms with Gasteiger partial charge < -0.3 is 14.8 Å². The van der Waals surface area contributed by atoms with Gasteiger partial charge in [0.25, 0.3) is 5.91 Å². The van der Waals surface area contributed by atoms with E-state index in [0.717, 1.165) is 10.0 Å². The van der Waals surface area contributed by atoms with E-state index in [1.54, 1.807) is 43.5 Å². The van der Waals surface area contributed by atoms with E-state index in [1.165, 1.54) is 6.08 Å². The average Bonchev–Trinajstić information content (AvgIpc) is 2.79. The zero-order chi connectivity index (χ0) is 23.1. The molecule has 162 valence electrons. The Morgan fingerprint density at radius 2 is 1.78 bits per heavy atom. The summed E-state index contributed by atoms with van der Waals surface area (Å²) in [4.78, 5) is 12.6. The second kappa shape index (κ2) is 11.1. The molecule has 0 spiro atoms. The first-order valence-electron chi connectivity index (χ1n) is 9.33. The van der Waals surface area contributed by atoms with E-state index in [0.29, 0.717) is 23.7 Å². The Hall–Kier alpha value is -2.98. The molecule has 0 aromatic heterocycles. The number of amides is 1. The van der Waals surface area contributed by atoms with Gasteiger partial charge in [-0.25, -0.2) is 0 Å². The van der Waals surface area contributed by atoms with E-state index in [2.05, 4.69) is 21.2 Å². The van der Waals surface area contributed by atoms with Crippen molar-refractivity contribution in [1.82, 2.24) is 0 Å². The van der Waals surface area contributed by atoms with Crippen LogP contribution >= 0.6 is 39.1 Å². The number of ether oxygens (including phenoxy) is 2. The Bertz CT molecular complexity index is 1180. The van der Waals surface area contributed by atoms with Gasteiger partial charge in [0.05, 0.1) is 22.8 Å². The topological polar surface area (TPSA) is 71.3 Å². The van der Waals surface area contributed by atoms with Crippen molar-refractivity contribution in [3.63, 3.8) is 0 Å². The van der Waals surface area contributed by atoms with Crippen LogP contribution in [0, 0.1) is 11.3 Å². The largest absolute Gasteiger partial charge is 0.493 e. The van der Waals surface area contributed by atoms with Crippen molar-refractivity contribution in [2.75, 3.05) is 12.4 Å². The van der Waals surface area contributed by atoms with Gasteiger partial charge in [-0.15, -0.1) is 0 Å². The standard InChI is InChI=1S/C24H17BrCl2N2O3/c1-31-21-10-7-16(12-22(21)32-14-15-5-8-18(25)9-6-15)11-17(13-28)24(30)29-23-19(26)3-2-4-20(23)27/h2-12H,14H2,1H3,(H,29,30)/b17-11+. The monoisotopic (exact) mass is 530 g/mol. The number of hydrogen-bond acceptors (Lipinski definition) is 4. The molecule has 0 saturated carbocycles. The quantitative estimate of drug-likeness (QED) is 0.266. The molecule has 1 amide bonds. The molecule has 3 aromatic rings. The summed E-state index contributed by atoms with van der Waals surface area (Å²) in [5.41, 5.74) is 1.69. The molecule has 3 aromatic carbocycles. The summed E-state index contributed by atoms with van der Waals surface area (Å²) < 4.78 is 12.3. The minimum absolute atomic E-state index is 0.120. The molecule has 0 aliphatic rings. The van der Waals surface area contributed by atoms with Crippen LogP contribution in [0.4, 0.5) is 5.69 Å². The number of hydrogen-bond donors (Lipinski definition) is 1. The third-order valence-corrected chi connectivity index (χ3v) is 5.53. The number of para-hydroxylation sites is 1. The Balaban J connectivity index is 1.82. The van der Waals surface area contributed by atoms with Gasteiger partial charge >= 0.3 is 0 Å². The predicted molar refractivity (Wildman–Crippen MR) is 130 cm³/mol. The molecule has 0 atom stereocenters. The van der Waals surface area contributed by atoms with Gasteiger partial charge in [-0.05, 0) is 53.6 Å². The lowest BCUT2D eigenvalue weighted by Gasteiger charge is -2.12. The van der Waals surface area contributed by atoms with Crippen molar-refractivity contribution in [3.05, 3.63) is 91.9 Å². The highest BCUT2D eigenvalue weighted by Crippen LogP contribution is 2.31. The zero-order valence-electron chi connectivity index (χ0n) is 16.9. The third-order valence-electron chi connectivity index (χ3n) is 4.37. The fraction of sp³-hybridized carbons (Fsp3) is 0.0833. The molecular weight excluding hydrogens is 515 g/mol. The molecule has 0 radical (unpaired) electrons. The number of nitriles is 1. The molecule has 0 heterocycles. The number of nitrogens with one attached hydrogen (secondary N) is 1. The van der Waals surface area contributed by atoms with Crippen LogP contribution in [0.3, 0.4) is 0 Å². The summed E-state index contributed by atoms with van der Waals surface area (Å²) in [7, 11) is 1.54. The number of nitrogens with zero attached hydrogens (tertiary/aromatic N) is 1. The predicted octanol–water partition coefficient (Wildman–Crippen LogP) is 6.89. The molecule has 8 heteroatoms. The normalized spacial score (nSPS) is 10.9. The lowest BCUT2D eigenvalue weighted by atomic mass is 10.1. The van der Waals surface area contributed by atoms with E-state index in [1.807, 2.05) is 30.3 Å². The fourth-order valence-electron chi connectivity index (χ4n) is 2.75. The molecule has 3 rings (SSSR count). The summed E-state index contributed by atoms with van der Waals surface area (Å²) in [5.74, 6) is 0.386. The molecule has 5 nitrogen and oxygen atoms in total. The highest BCUT2D eigenvalue weighted by atomic mass is 79.9. The van der Waals surface area contributed by atoms with Crippen molar-refractivity contribution in [2.45, 2.75) is 6.61 Å². The molecule has 0 aliphatic carbocycles. The van der Waals surface area contributed by atoms with Crippen LogP contribution in [-0.2, 0) is 11.4 Å². The van der Waals surface area contributed by atoms with Crippen LogP contribution in [-0.4, -0.2) is 13.0 Å². The summed E-state index contributed by atoms with van der Waals surface area (Å²) in [6.07, 6.45) is 1.45. The van der Waals surface area contributed by atoms with Crippen molar-refractivity contribution in [1.29, 1.82) is 5.26 Å². The maximum atomic E-state index is 12.6. The molecule has 32 heavy (non-hydrogen) atoms. The SMILES string of the molecule is COc1ccc(/C=C(\C#N)C(=O)Nc2c(Cl)cccc2Cl)cc1OCc1ccc(Br)cc1.